The summed E-state index contributed by atoms with van der Waals surface area (Å²) >= 11 is 0. The predicted molar refractivity (Wildman–Crippen MR) is 69.5 cm³/mol. The Labute approximate surface area is 108 Å². The first-order valence-corrected chi connectivity index (χ1v) is 6.46. The molecular weight excluding hydrogens is 229 g/mol. The van der Waals surface area contributed by atoms with E-state index in [9.17, 15) is 9.50 Å². The molecule has 18 heavy (non-hydrogen) atoms. The second-order valence-electron chi connectivity index (χ2n) is 7.25. The Morgan fingerprint density at radius 2 is 1.67 bits per heavy atom. The van der Waals surface area contributed by atoms with Crippen molar-refractivity contribution in [1.29, 1.82) is 0 Å². The van der Waals surface area contributed by atoms with Gasteiger partial charge in [-0.1, -0.05) is 27.7 Å². The molecule has 1 heterocycles. The first kappa shape index (κ1) is 13.5. The minimum Gasteiger partial charge on any atom is -0.385 e. The van der Waals surface area contributed by atoms with Crippen LogP contribution in [0.5, 0.6) is 0 Å². The molecule has 1 fully saturated rings. The van der Waals surface area contributed by atoms with Crippen LogP contribution in [0, 0.1) is 16.6 Å². The van der Waals surface area contributed by atoms with Crippen molar-refractivity contribution >= 4 is 0 Å². The van der Waals surface area contributed by atoms with E-state index < -0.39 is 11.4 Å². The van der Waals surface area contributed by atoms with Crippen molar-refractivity contribution in [2.24, 2.45) is 10.8 Å². The lowest BCUT2D eigenvalue weighted by Gasteiger charge is -2.49. The minimum atomic E-state index is -1.09. The van der Waals surface area contributed by atoms with Gasteiger partial charge in [0.2, 0.25) is 0 Å². The number of nitrogens with zero attached hydrogens (tertiary/aromatic N) is 1. The maximum atomic E-state index is 13.9. The molecular formula is C15H22FNO. The quantitative estimate of drug-likeness (QED) is 0.826. The monoisotopic (exact) mass is 251 g/mol. The van der Waals surface area contributed by atoms with Gasteiger partial charge in [-0.05, 0) is 36.2 Å². The van der Waals surface area contributed by atoms with Crippen molar-refractivity contribution in [3.8, 4) is 0 Å². The zero-order valence-corrected chi connectivity index (χ0v) is 11.6. The van der Waals surface area contributed by atoms with E-state index >= 15 is 0 Å². The van der Waals surface area contributed by atoms with Crippen LogP contribution < -0.4 is 0 Å². The highest BCUT2D eigenvalue weighted by atomic mass is 19.1. The third-order valence-corrected chi connectivity index (χ3v) is 3.77. The smallest absolute Gasteiger partial charge is 0.147 e. The summed E-state index contributed by atoms with van der Waals surface area (Å²) in [6.07, 6.45) is 4.94. The Balaban J connectivity index is 2.45. The second kappa shape index (κ2) is 4.02. The van der Waals surface area contributed by atoms with Crippen LogP contribution in [0.15, 0.2) is 18.5 Å². The standard InChI is InChI=1S/C15H22FNO/c1-13(2)8-14(3,4)10-15(18,9-13)11-5-6-17-7-12(11)16/h5-7,18H,8-10H2,1-4H3. The second-order valence-corrected chi connectivity index (χ2v) is 7.25. The van der Waals surface area contributed by atoms with Crippen molar-refractivity contribution < 1.29 is 9.50 Å². The minimum absolute atomic E-state index is 0.00616. The third-order valence-electron chi connectivity index (χ3n) is 3.77. The van der Waals surface area contributed by atoms with E-state index in [0.717, 1.165) is 6.42 Å². The van der Waals surface area contributed by atoms with Gasteiger partial charge in [0.25, 0.3) is 0 Å². The number of rotatable bonds is 1. The maximum absolute atomic E-state index is 13.9. The summed E-state index contributed by atoms with van der Waals surface area (Å²) in [7, 11) is 0. The van der Waals surface area contributed by atoms with E-state index in [2.05, 4.69) is 32.7 Å². The molecule has 0 aliphatic heterocycles. The first-order valence-electron chi connectivity index (χ1n) is 6.46. The Morgan fingerprint density at radius 3 is 2.17 bits per heavy atom. The Morgan fingerprint density at radius 1 is 1.11 bits per heavy atom. The van der Waals surface area contributed by atoms with Crippen molar-refractivity contribution in [3.63, 3.8) is 0 Å². The molecule has 1 aromatic heterocycles. The van der Waals surface area contributed by atoms with Gasteiger partial charge in [0.15, 0.2) is 0 Å². The first-order chi connectivity index (χ1) is 8.14. The average Bonchev–Trinajstić information content (AvgIpc) is 2.11. The van der Waals surface area contributed by atoms with E-state index in [1.165, 1.54) is 6.20 Å². The molecule has 0 amide bonds. The number of hydrogen-bond acceptors (Lipinski definition) is 2. The van der Waals surface area contributed by atoms with Gasteiger partial charge in [-0.3, -0.25) is 4.98 Å². The molecule has 3 heteroatoms. The molecule has 2 rings (SSSR count). The summed E-state index contributed by atoms with van der Waals surface area (Å²) in [6, 6.07) is 1.60. The van der Waals surface area contributed by atoms with Crippen LogP contribution in [0.25, 0.3) is 0 Å². The summed E-state index contributed by atoms with van der Waals surface area (Å²) in [5.74, 6) is -0.409. The summed E-state index contributed by atoms with van der Waals surface area (Å²) in [4.78, 5) is 3.76. The highest BCUT2D eigenvalue weighted by Gasteiger charge is 2.48. The summed E-state index contributed by atoms with van der Waals surface area (Å²) < 4.78 is 13.9. The lowest BCUT2D eigenvalue weighted by molar-refractivity contribution is -0.0931. The van der Waals surface area contributed by atoms with Crippen molar-refractivity contribution in [2.75, 3.05) is 0 Å². The molecule has 0 aromatic carbocycles. The molecule has 1 N–H and O–H groups in total. The SMILES string of the molecule is CC1(C)CC(C)(C)CC(O)(c2ccncc2F)C1. The van der Waals surface area contributed by atoms with Gasteiger partial charge in [0.05, 0.1) is 11.8 Å². The van der Waals surface area contributed by atoms with E-state index in [0.29, 0.717) is 18.4 Å². The topological polar surface area (TPSA) is 33.1 Å². The normalized spacial score (nSPS) is 24.8. The lowest BCUT2D eigenvalue weighted by atomic mass is 9.58. The molecule has 0 radical (unpaired) electrons. The van der Waals surface area contributed by atoms with Gasteiger partial charge >= 0.3 is 0 Å². The van der Waals surface area contributed by atoms with Crippen LogP contribution in [-0.4, -0.2) is 10.1 Å². The molecule has 100 valence electrons. The molecule has 1 aliphatic carbocycles. The van der Waals surface area contributed by atoms with Crippen molar-refractivity contribution in [3.05, 3.63) is 29.8 Å². The average molecular weight is 251 g/mol. The van der Waals surface area contributed by atoms with Crippen LogP contribution in [0.4, 0.5) is 4.39 Å². The van der Waals surface area contributed by atoms with E-state index in [4.69, 9.17) is 0 Å². The molecule has 0 bridgehead atoms. The lowest BCUT2D eigenvalue weighted by Crippen LogP contribution is -2.44. The highest BCUT2D eigenvalue weighted by molar-refractivity contribution is 5.23. The molecule has 1 aromatic rings. The highest BCUT2D eigenvalue weighted by Crippen LogP contribution is 2.54. The van der Waals surface area contributed by atoms with Gasteiger partial charge in [-0.15, -0.1) is 0 Å². The van der Waals surface area contributed by atoms with Crippen molar-refractivity contribution in [2.45, 2.75) is 52.6 Å². The van der Waals surface area contributed by atoms with E-state index in [1.54, 1.807) is 12.3 Å². The number of aromatic nitrogens is 1. The summed E-state index contributed by atoms with van der Waals surface area (Å²) in [5, 5.41) is 10.9. The van der Waals surface area contributed by atoms with Gasteiger partial charge < -0.3 is 5.11 Å². The van der Waals surface area contributed by atoms with Crippen LogP contribution >= 0.6 is 0 Å². The van der Waals surface area contributed by atoms with E-state index in [-0.39, 0.29) is 10.8 Å². The van der Waals surface area contributed by atoms with Crippen LogP contribution in [0.3, 0.4) is 0 Å². The van der Waals surface area contributed by atoms with Gasteiger partial charge in [-0.25, -0.2) is 4.39 Å². The van der Waals surface area contributed by atoms with Gasteiger partial charge in [0.1, 0.15) is 5.82 Å². The fourth-order valence-corrected chi connectivity index (χ4v) is 4.01. The molecule has 1 saturated carbocycles. The predicted octanol–water partition coefficient (Wildman–Crippen LogP) is 3.64. The van der Waals surface area contributed by atoms with Gasteiger partial charge in [-0.2, -0.15) is 0 Å². The fraction of sp³-hybridized carbons (Fsp3) is 0.667. The van der Waals surface area contributed by atoms with Crippen LogP contribution in [0.1, 0.15) is 52.5 Å². The fourth-order valence-electron chi connectivity index (χ4n) is 4.01. The molecule has 0 atom stereocenters. The van der Waals surface area contributed by atoms with Crippen LogP contribution in [0.2, 0.25) is 0 Å². The Hall–Kier alpha value is -0.960. The zero-order chi connectivity index (χ0) is 13.6. The van der Waals surface area contributed by atoms with Crippen molar-refractivity contribution in [1.82, 2.24) is 4.98 Å². The Bertz CT molecular complexity index is 438. The maximum Gasteiger partial charge on any atom is 0.147 e. The van der Waals surface area contributed by atoms with E-state index in [1.807, 2.05) is 0 Å². The molecule has 0 spiro atoms. The number of pyridine rings is 1. The molecule has 2 nitrogen and oxygen atoms in total. The third kappa shape index (κ3) is 2.56. The van der Waals surface area contributed by atoms with Gasteiger partial charge in [0, 0.05) is 11.8 Å². The Kier molecular flexibility index (Phi) is 3.01. The summed E-state index contributed by atoms with van der Waals surface area (Å²) in [5.41, 5.74) is -0.685. The van der Waals surface area contributed by atoms with Crippen LogP contribution in [-0.2, 0) is 5.60 Å². The number of aliphatic hydroxyl groups is 1. The largest absolute Gasteiger partial charge is 0.385 e. The molecule has 0 unspecified atom stereocenters. The molecule has 1 aliphatic rings. The number of halogens is 1. The number of hydrogen-bond donors (Lipinski definition) is 1. The zero-order valence-electron chi connectivity index (χ0n) is 11.6. The molecule has 0 saturated heterocycles. The summed E-state index contributed by atoms with van der Waals surface area (Å²) in [6.45, 7) is 8.55.